The minimum atomic E-state index is -4.57. The first kappa shape index (κ1) is 24.9. The van der Waals surface area contributed by atoms with Gasteiger partial charge in [0.1, 0.15) is 0 Å². The Morgan fingerprint density at radius 2 is 1.81 bits per heavy atom. The first-order valence-electron chi connectivity index (χ1n) is 12.0. The fraction of sp³-hybridized carbons (Fsp3) is 0.241. The van der Waals surface area contributed by atoms with E-state index in [1.165, 1.54) is 12.1 Å². The van der Waals surface area contributed by atoms with Crippen molar-refractivity contribution < 1.29 is 22.7 Å². The van der Waals surface area contributed by atoms with E-state index in [-0.39, 0.29) is 17.7 Å². The first-order chi connectivity index (χ1) is 17.8. The fourth-order valence-electron chi connectivity index (χ4n) is 4.59. The van der Waals surface area contributed by atoms with Crippen LogP contribution in [0.2, 0.25) is 0 Å². The molecule has 1 aliphatic heterocycles. The number of aromatic nitrogens is 1. The van der Waals surface area contributed by atoms with Gasteiger partial charge < -0.3 is 10.1 Å². The highest BCUT2D eigenvalue weighted by atomic mass is 19.4. The smallest absolute Gasteiger partial charge is 0.379 e. The minimum absolute atomic E-state index is 0.0445. The van der Waals surface area contributed by atoms with Gasteiger partial charge in [-0.25, -0.2) is 0 Å². The molecular formula is C29H26F3N3O2. The van der Waals surface area contributed by atoms with E-state index in [0.717, 1.165) is 33.5 Å². The second-order valence-electron chi connectivity index (χ2n) is 9.18. The van der Waals surface area contributed by atoms with Crippen LogP contribution in [0, 0.1) is 6.92 Å². The highest BCUT2D eigenvalue weighted by Gasteiger charge is 2.34. The summed E-state index contributed by atoms with van der Waals surface area (Å²) in [6, 6.07) is 17.2. The van der Waals surface area contributed by atoms with Gasteiger partial charge in [-0.05, 0) is 71.0 Å². The number of carbonyl (C=O) groups excluding carboxylic acids is 1. The molecule has 0 unspecified atom stereocenters. The minimum Gasteiger partial charge on any atom is -0.379 e. The summed E-state index contributed by atoms with van der Waals surface area (Å²) in [6.45, 7) is 4.26. The second-order valence-corrected chi connectivity index (χ2v) is 9.18. The molecule has 0 atom stereocenters. The molecule has 1 fully saturated rings. The van der Waals surface area contributed by atoms with Gasteiger partial charge in [-0.3, -0.25) is 14.7 Å². The van der Waals surface area contributed by atoms with E-state index in [4.69, 9.17) is 4.74 Å². The number of alkyl halides is 3. The van der Waals surface area contributed by atoms with E-state index >= 15 is 0 Å². The van der Waals surface area contributed by atoms with Crippen molar-refractivity contribution >= 4 is 22.4 Å². The van der Waals surface area contributed by atoms with Gasteiger partial charge in [-0.1, -0.05) is 24.3 Å². The molecular weight excluding hydrogens is 479 g/mol. The monoisotopic (exact) mass is 505 g/mol. The van der Waals surface area contributed by atoms with Crippen molar-refractivity contribution in [3.05, 3.63) is 95.3 Å². The molecule has 2 heterocycles. The normalized spacial score (nSPS) is 14.6. The fourth-order valence-corrected chi connectivity index (χ4v) is 4.59. The van der Waals surface area contributed by atoms with Crippen molar-refractivity contribution in [2.24, 2.45) is 0 Å². The van der Waals surface area contributed by atoms with Crippen molar-refractivity contribution in [3.8, 4) is 11.1 Å². The van der Waals surface area contributed by atoms with E-state index in [2.05, 4.69) is 10.3 Å². The molecule has 0 bridgehead atoms. The molecule has 1 aromatic heterocycles. The molecule has 8 heteroatoms. The third-order valence-electron chi connectivity index (χ3n) is 6.62. The zero-order valence-corrected chi connectivity index (χ0v) is 20.3. The Morgan fingerprint density at radius 1 is 1.00 bits per heavy atom. The number of carbonyl (C=O) groups is 1. The molecule has 1 N–H and O–H groups in total. The second kappa shape index (κ2) is 10.3. The zero-order valence-electron chi connectivity index (χ0n) is 20.3. The van der Waals surface area contributed by atoms with Crippen molar-refractivity contribution in [1.82, 2.24) is 9.88 Å². The predicted octanol–water partition coefficient (Wildman–Crippen LogP) is 6.31. The maximum absolute atomic E-state index is 13.9. The molecule has 0 saturated carbocycles. The molecule has 3 aromatic carbocycles. The number of ether oxygens (including phenoxy) is 1. The number of morpholine rings is 1. The van der Waals surface area contributed by atoms with E-state index in [1.54, 1.807) is 18.5 Å². The van der Waals surface area contributed by atoms with Crippen LogP contribution < -0.4 is 5.32 Å². The molecule has 5 nitrogen and oxygen atoms in total. The number of anilines is 1. The Hall–Kier alpha value is -3.75. The molecule has 0 aliphatic carbocycles. The topological polar surface area (TPSA) is 54.5 Å². The molecule has 1 aliphatic rings. The summed E-state index contributed by atoms with van der Waals surface area (Å²) in [5, 5.41) is 4.83. The molecule has 4 aromatic rings. The third kappa shape index (κ3) is 5.65. The Labute approximate surface area is 212 Å². The summed E-state index contributed by atoms with van der Waals surface area (Å²) in [5.74, 6) is -0.596. The molecule has 1 amide bonds. The van der Waals surface area contributed by atoms with E-state index in [1.807, 2.05) is 48.2 Å². The highest BCUT2D eigenvalue weighted by molar-refractivity contribution is 6.05. The summed E-state index contributed by atoms with van der Waals surface area (Å²) in [5.41, 5.74) is 2.70. The molecule has 0 spiro atoms. The van der Waals surface area contributed by atoms with Crippen molar-refractivity contribution in [1.29, 1.82) is 0 Å². The number of fused-ring (bicyclic) bond motifs is 1. The van der Waals surface area contributed by atoms with Crippen LogP contribution in [0.1, 0.15) is 27.0 Å². The van der Waals surface area contributed by atoms with Gasteiger partial charge >= 0.3 is 6.18 Å². The quantitative estimate of drug-likeness (QED) is 0.345. The lowest BCUT2D eigenvalue weighted by molar-refractivity contribution is -0.138. The van der Waals surface area contributed by atoms with Crippen molar-refractivity contribution in [2.45, 2.75) is 19.6 Å². The third-order valence-corrected chi connectivity index (χ3v) is 6.62. The maximum Gasteiger partial charge on any atom is 0.416 e. The zero-order chi connectivity index (χ0) is 26.0. The van der Waals surface area contributed by atoms with Crippen molar-refractivity contribution in [3.63, 3.8) is 0 Å². The lowest BCUT2D eigenvalue weighted by atomic mass is 9.97. The van der Waals surface area contributed by atoms with Gasteiger partial charge in [0.05, 0.1) is 18.8 Å². The Bertz CT molecular complexity index is 1450. The van der Waals surface area contributed by atoms with E-state index in [9.17, 15) is 18.0 Å². The number of nitrogens with zero attached hydrogens (tertiary/aromatic N) is 2. The number of nitrogens with one attached hydrogen (secondary N) is 1. The molecule has 37 heavy (non-hydrogen) atoms. The van der Waals surface area contributed by atoms with Crippen LogP contribution >= 0.6 is 0 Å². The summed E-state index contributed by atoms with van der Waals surface area (Å²) in [6.07, 6.45) is -1.04. The Kier molecular flexibility index (Phi) is 6.95. The summed E-state index contributed by atoms with van der Waals surface area (Å²) >= 11 is 0. The Balaban J connectivity index is 1.39. The van der Waals surface area contributed by atoms with Gasteiger partial charge in [0.15, 0.2) is 0 Å². The molecule has 1 saturated heterocycles. The van der Waals surface area contributed by atoms with Crippen molar-refractivity contribution in [2.75, 3.05) is 31.6 Å². The molecule has 190 valence electrons. The lowest BCUT2D eigenvalue weighted by Crippen LogP contribution is -2.36. The number of hydrogen-bond donors (Lipinski definition) is 1. The number of hydrogen-bond acceptors (Lipinski definition) is 4. The predicted molar refractivity (Wildman–Crippen MR) is 137 cm³/mol. The average molecular weight is 506 g/mol. The van der Waals surface area contributed by atoms with Gasteiger partial charge in [0.25, 0.3) is 5.91 Å². The van der Waals surface area contributed by atoms with E-state index < -0.39 is 17.6 Å². The highest BCUT2D eigenvalue weighted by Crippen LogP contribution is 2.34. The number of halogens is 3. The largest absolute Gasteiger partial charge is 0.416 e. The maximum atomic E-state index is 13.9. The summed E-state index contributed by atoms with van der Waals surface area (Å²) in [4.78, 5) is 19.1. The van der Waals surface area contributed by atoms with E-state index in [0.29, 0.717) is 32.0 Å². The number of amides is 1. The number of aryl methyl sites for hydroxylation is 1. The van der Waals surface area contributed by atoms with Crippen LogP contribution in [0.25, 0.3) is 21.9 Å². The Morgan fingerprint density at radius 3 is 2.59 bits per heavy atom. The summed E-state index contributed by atoms with van der Waals surface area (Å²) < 4.78 is 47.0. The van der Waals surface area contributed by atoms with Gasteiger partial charge in [-0.2, -0.15) is 13.2 Å². The van der Waals surface area contributed by atoms with Gasteiger partial charge in [0.2, 0.25) is 0 Å². The average Bonchev–Trinajstić information content (AvgIpc) is 2.89. The van der Waals surface area contributed by atoms with Crippen LogP contribution in [0.3, 0.4) is 0 Å². The van der Waals surface area contributed by atoms with Crippen LogP contribution in [0.5, 0.6) is 0 Å². The van der Waals surface area contributed by atoms with Crippen LogP contribution in [-0.4, -0.2) is 42.1 Å². The van der Waals surface area contributed by atoms with Crippen LogP contribution in [0.15, 0.2) is 73.1 Å². The lowest BCUT2D eigenvalue weighted by Gasteiger charge is -2.27. The SMILES string of the molecule is Cc1ccc(NC(=O)c2ccc(CN3CCOCC3)c(C(F)(F)F)c2)cc1-c1ccc2ccncc2c1. The number of benzene rings is 3. The van der Waals surface area contributed by atoms with Crippen LogP contribution in [0.4, 0.5) is 18.9 Å². The standard InChI is InChI=1S/C29H26F3N3O2/c1-19-2-7-25(16-26(19)21-4-3-20-8-9-33-17-24(20)14-21)34-28(36)22-5-6-23(27(15-22)29(30,31)32)18-35-10-12-37-13-11-35/h2-9,14-17H,10-13,18H2,1H3,(H,34,36). The van der Waals surface area contributed by atoms with Gasteiger partial charge in [0, 0.05) is 48.7 Å². The number of pyridine rings is 1. The van der Waals surface area contributed by atoms with Crippen LogP contribution in [-0.2, 0) is 17.5 Å². The molecule has 5 rings (SSSR count). The summed E-state index contributed by atoms with van der Waals surface area (Å²) in [7, 11) is 0. The number of rotatable bonds is 5. The molecule has 0 radical (unpaired) electrons. The van der Waals surface area contributed by atoms with Gasteiger partial charge in [-0.15, -0.1) is 0 Å². The first-order valence-corrected chi connectivity index (χ1v) is 12.0.